The monoisotopic (exact) mass is 420 g/mol. The van der Waals surface area contributed by atoms with Crippen LogP contribution in [-0.2, 0) is 11.3 Å². The lowest BCUT2D eigenvalue weighted by molar-refractivity contribution is -0.130. The van der Waals surface area contributed by atoms with Crippen LogP contribution in [0.3, 0.4) is 0 Å². The number of hydrogen-bond acceptors (Lipinski definition) is 3. The average molecular weight is 421 g/mol. The van der Waals surface area contributed by atoms with E-state index in [-0.39, 0.29) is 17.2 Å². The highest BCUT2D eigenvalue weighted by atomic mass is 16.2. The van der Waals surface area contributed by atoms with Gasteiger partial charge in [0.1, 0.15) is 0 Å². The van der Waals surface area contributed by atoms with Crippen LogP contribution in [0.5, 0.6) is 0 Å². The number of nitrogens with one attached hydrogen (secondary N) is 2. The lowest BCUT2D eigenvalue weighted by Crippen LogP contribution is -2.50. The number of carbonyl (C=O) groups excluding carboxylic acids is 2. The van der Waals surface area contributed by atoms with Crippen LogP contribution in [0.2, 0.25) is 0 Å². The molecule has 2 aromatic rings. The maximum atomic E-state index is 12.8. The van der Waals surface area contributed by atoms with Crippen molar-refractivity contribution < 1.29 is 9.59 Å². The second-order valence-electron chi connectivity index (χ2n) is 10.3. The SMILES string of the molecule is Cc1nn(Cc2ccccc2)c(C)c1C(=O)NNC(=O)CC12CC3CC(CC(C3)C1)C2. The fourth-order valence-electron chi connectivity index (χ4n) is 7.02. The molecule has 6 heteroatoms. The summed E-state index contributed by atoms with van der Waals surface area (Å²) in [6.45, 7) is 4.34. The average Bonchev–Trinajstić information content (AvgIpc) is 2.98. The van der Waals surface area contributed by atoms with Crippen LogP contribution >= 0.6 is 0 Å². The molecule has 6 rings (SSSR count). The molecule has 0 unspecified atom stereocenters. The van der Waals surface area contributed by atoms with Gasteiger partial charge in [0.2, 0.25) is 5.91 Å². The Bertz CT molecular complexity index is 959. The maximum Gasteiger partial charge on any atom is 0.273 e. The summed E-state index contributed by atoms with van der Waals surface area (Å²) in [5.74, 6) is 2.08. The Balaban J connectivity index is 1.20. The van der Waals surface area contributed by atoms with E-state index in [2.05, 4.69) is 16.0 Å². The van der Waals surface area contributed by atoms with E-state index in [1.54, 1.807) is 0 Å². The summed E-state index contributed by atoms with van der Waals surface area (Å²) in [5.41, 5.74) is 8.63. The van der Waals surface area contributed by atoms with Gasteiger partial charge in [0, 0.05) is 12.1 Å². The van der Waals surface area contributed by atoms with Crippen LogP contribution in [-0.4, -0.2) is 21.6 Å². The van der Waals surface area contributed by atoms with E-state index >= 15 is 0 Å². The number of carbonyl (C=O) groups is 2. The van der Waals surface area contributed by atoms with Crippen molar-refractivity contribution in [2.24, 2.45) is 23.2 Å². The van der Waals surface area contributed by atoms with Crippen LogP contribution in [0, 0.1) is 37.0 Å². The Kier molecular flexibility index (Phi) is 5.11. The number of hydrazine groups is 1. The molecule has 0 radical (unpaired) electrons. The number of aryl methyl sites for hydroxylation is 1. The summed E-state index contributed by atoms with van der Waals surface area (Å²) in [6.07, 6.45) is 8.18. The molecule has 4 aliphatic carbocycles. The first-order valence-corrected chi connectivity index (χ1v) is 11.6. The van der Waals surface area contributed by atoms with Gasteiger partial charge in [-0.15, -0.1) is 0 Å². The molecule has 0 saturated heterocycles. The third-order valence-electron chi connectivity index (χ3n) is 7.80. The Labute approximate surface area is 183 Å². The van der Waals surface area contributed by atoms with Crippen LogP contribution in [0.4, 0.5) is 0 Å². The molecular weight excluding hydrogens is 388 g/mol. The fourth-order valence-corrected chi connectivity index (χ4v) is 7.02. The van der Waals surface area contributed by atoms with E-state index in [1.165, 1.54) is 38.5 Å². The van der Waals surface area contributed by atoms with Gasteiger partial charge >= 0.3 is 0 Å². The van der Waals surface area contributed by atoms with Crippen molar-refractivity contribution in [3.63, 3.8) is 0 Å². The molecule has 31 heavy (non-hydrogen) atoms. The van der Waals surface area contributed by atoms with Gasteiger partial charge in [-0.05, 0) is 81.1 Å². The fraction of sp³-hybridized carbons (Fsp3) is 0.560. The second kappa shape index (κ2) is 7.81. The van der Waals surface area contributed by atoms with Crippen molar-refractivity contribution in [3.05, 3.63) is 52.8 Å². The largest absolute Gasteiger partial charge is 0.273 e. The van der Waals surface area contributed by atoms with E-state index in [0.29, 0.717) is 24.2 Å². The minimum Gasteiger partial charge on any atom is -0.273 e. The van der Waals surface area contributed by atoms with Gasteiger partial charge in [0.15, 0.2) is 0 Å². The Hall–Kier alpha value is -2.63. The van der Waals surface area contributed by atoms with Crippen LogP contribution in [0.15, 0.2) is 30.3 Å². The summed E-state index contributed by atoms with van der Waals surface area (Å²) < 4.78 is 1.84. The third kappa shape index (κ3) is 4.00. The molecule has 0 spiro atoms. The summed E-state index contributed by atoms with van der Waals surface area (Å²) >= 11 is 0. The van der Waals surface area contributed by atoms with E-state index in [0.717, 1.165) is 29.0 Å². The lowest BCUT2D eigenvalue weighted by atomic mass is 9.49. The van der Waals surface area contributed by atoms with Crippen LogP contribution < -0.4 is 10.9 Å². The highest BCUT2D eigenvalue weighted by Gasteiger charge is 2.51. The Morgan fingerprint density at radius 3 is 2.23 bits per heavy atom. The second-order valence-corrected chi connectivity index (χ2v) is 10.3. The Morgan fingerprint density at radius 1 is 1.00 bits per heavy atom. The third-order valence-corrected chi connectivity index (χ3v) is 7.80. The normalized spacial score (nSPS) is 28.5. The topological polar surface area (TPSA) is 76.0 Å². The summed E-state index contributed by atoms with van der Waals surface area (Å²) in [6, 6.07) is 10.1. The first kappa shape index (κ1) is 20.3. The molecule has 6 nitrogen and oxygen atoms in total. The van der Waals surface area contributed by atoms with Gasteiger partial charge in [-0.2, -0.15) is 5.10 Å². The molecule has 4 saturated carbocycles. The smallest absolute Gasteiger partial charge is 0.273 e. The van der Waals surface area contributed by atoms with Crippen molar-refractivity contribution >= 4 is 11.8 Å². The molecular formula is C25H32N4O2. The minimum absolute atomic E-state index is 0.0673. The number of hydrogen-bond donors (Lipinski definition) is 2. The van der Waals surface area contributed by atoms with Gasteiger partial charge in [0.05, 0.1) is 17.8 Å². The van der Waals surface area contributed by atoms with E-state index in [9.17, 15) is 9.59 Å². The minimum atomic E-state index is -0.298. The lowest BCUT2D eigenvalue weighted by Gasteiger charge is -2.56. The zero-order valence-corrected chi connectivity index (χ0v) is 18.5. The number of rotatable bonds is 5. The molecule has 1 aromatic carbocycles. The molecule has 4 bridgehead atoms. The van der Waals surface area contributed by atoms with Gasteiger partial charge in [-0.3, -0.25) is 25.1 Å². The van der Waals surface area contributed by atoms with Gasteiger partial charge in [0.25, 0.3) is 5.91 Å². The predicted octanol–water partition coefficient (Wildman–Crippen LogP) is 3.92. The summed E-state index contributed by atoms with van der Waals surface area (Å²) in [4.78, 5) is 25.6. The predicted molar refractivity (Wildman–Crippen MR) is 118 cm³/mol. The van der Waals surface area contributed by atoms with Crippen LogP contribution in [0.25, 0.3) is 0 Å². The molecule has 2 amide bonds. The van der Waals surface area contributed by atoms with Gasteiger partial charge < -0.3 is 0 Å². The Morgan fingerprint density at radius 2 is 1.61 bits per heavy atom. The highest BCUT2D eigenvalue weighted by molar-refractivity contribution is 5.97. The zero-order valence-electron chi connectivity index (χ0n) is 18.5. The molecule has 4 aliphatic rings. The first-order chi connectivity index (χ1) is 14.9. The molecule has 0 atom stereocenters. The van der Waals surface area contributed by atoms with Crippen molar-refractivity contribution in [2.45, 2.75) is 65.3 Å². The zero-order chi connectivity index (χ0) is 21.6. The molecule has 4 fully saturated rings. The molecule has 1 aromatic heterocycles. The number of amides is 2. The molecule has 2 N–H and O–H groups in total. The van der Waals surface area contributed by atoms with Crippen molar-refractivity contribution in [1.29, 1.82) is 0 Å². The summed E-state index contributed by atoms with van der Waals surface area (Å²) in [7, 11) is 0. The van der Waals surface area contributed by atoms with Gasteiger partial charge in [-0.25, -0.2) is 0 Å². The van der Waals surface area contributed by atoms with Crippen LogP contribution in [0.1, 0.15) is 72.3 Å². The quantitative estimate of drug-likeness (QED) is 0.720. The highest BCUT2D eigenvalue weighted by Crippen LogP contribution is 2.61. The van der Waals surface area contributed by atoms with Crippen molar-refractivity contribution in [1.82, 2.24) is 20.6 Å². The van der Waals surface area contributed by atoms with Crippen molar-refractivity contribution in [3.8, 4) is 0 Å². The van der Waals surface area contributed by atoms with E-state index < -0.39 is 0 Å². The maximum absolute atomic E-state index is 12.8. The molecule has 1 heterocycles. The number of benzene rings is 1. The number of aromatic nitrogens is 2. The molecule has 164 valence electrons. The standard InChI is InChI=1S/C25H32N4O2/c1-16-23(17(2)29(28-16)15-18-6-4-3-5-7-18)24(31)27-26-22(30)14-25-11-19-8-20(12-25)10-21(9-19)13-25/h3-7,19-21H,8-15H2,1-2H3,(H,26,30)(H,27,31). The summed E-state index contributed by atoms with van der Waals surface area (Å²) in [5, 5.41) is 4.54. The van der Waals surface area contributed by atoms with E-state index in [4.69, 9.17) is 0 Å². The van der Waals surface area contributed by atoms with Gasteiger partial charge in [-0.1, -0.05) is 30.3 Å². The molecule has 0 aliphatic heterocycles. The first-order valence-electron chi connectivity index (χ1n) is 11.6. The number of nitrogens with zero attached hydrogens (tertiary/aromatic N) is 2. The van der Waals surface area contributed by atoms with E-state index in [1.807, 2.05) is 48.9 Å². The van der Waals surface area contributed by atoms with Crippen molar-refractivity contribution in [2.75, 3.05) is 0 Å².